The normalized spacial score (nSPS) is 16.8. The topological polar surface area (TPSA) is 53.7 Å². The summed E-state index contributed by atoms with van der Waals surface area (Å²) in [4.78, 5) is 14.6. The Bertz CT molecular complexity index is 913. The van der Waals surface area contributed by atoms with Gasteiger partial charge in [-0.3, -0.25) is 4.79 Å². The fraction of sp³-hybridized carbons (Fsp3) is 0.286. The minimum atomic E-state index is -0.475. The number of likely N-dealkylation sites (tertiary alicyclic amines) is 1. The van der Waals surface area contributed by atoms with Gasteiger partial charge in [0.15, 0.2) is 5.76 Å². The molecule has 4 rings (SSSR count). The van der Waals surface area contributed by atoms with Crippen LogP contribution in [0.25, 0.3) is 11.0 Å². The Morgan fingerprint density at radius 3 is 2.58 bits per heavy atom. The summed E-state index contributed by atoms with van der Waals surface area (Å²) in [6, 6.07) is 17.2. The van der Waals surface area contributed by atoms with Crippen molar-refractivity contribution in [3.8, 4) is 0 Å². The summed E-state index contributed by atoms with van der Waals surface area (Å²) < 4.78 is 6.68. The van der Waals surface area contributed by atoms with Gasteiger partial charge in [-0.1, -0.05) is 46.3 Å². The van der Waals surface area contributed by atoms with E-state index in [1.54, 1.807) is 6.07 Å². The van der Waals surface area contributed by atoms with Gasteiger partial charge < -0.3 is 14.4 Å². The first-order valence-electron chi connectivity index (χ1n) is 8.83. The van der Waals surface area contributed by atoms with Crippen LogP contribution >= 0.6 is 15.9 Å². The van der Waals surface area contributed by atoms with Gasteiger partial charge in [-0.2, -0.15) is 0 Å². The van der Waals surface area contributed by atoms with Crippen LogP contribution in [0, 0.1) is 5.92 Å². The van der Waals surface area contributed by atoms with Gasteiger partial charge in [0.25, 0.3) is 5.91 Å². The maximum Gasteiger partial charge on any atom is 0.289 e. The predicted octanol–water partition coefficient (Wildman–Crippen LogP) is 4.78. The first-order valence-corrected chi connectivity index (χ1v) is 9.62. The standard InChI is InChI=1S/C21H20BrNO3/c22-17-6-7-18-16(12-17)13-19(26-18)21(25)23-10-8-15(9-11-23)20(24)14-4-2-1-3-5-14/h1-7,12-13,15,20,24H,8-11H2/t20-/m1/s1. The molecule has 1 atom stereocenters. The molecule has 0 aliphatic carbocycles. The van der Waals surface area contributed by atoms with Crippen molar-refractivity contribution in [2.24, 2.45) is 5.92 Å². The van der Waals surface area contributed by atoms with Crippen molar-refractivity contribution in [1.29, 1.82) is 0 Å². The van der Waals surface area contributed by atoms with Crippen LogP contribution < -0.4 is 0 Å². The molecule has 0 radical (unpaired) electrons. The molecule has 1 fully saturated rings. The SMILES string of the molecule is O=C(c1cc2cc(Br)ccc2o1)N1CCC([C@H](O)c2ccccc2)CC1. The summed E-state index contributed by atoms with van der Waals surface area (Å²) in [5.74, 6) is 0.471. The maximum absolute atomic E-state index is 12.8. The molecule has 1 aromatic heterocycles. The second kappa shape index (κ2) is 7.25. The zero-order valence-corrected chi connectivity index (χ0v) is 15.9. The van der Waals surface area contributed by atoms with Crippen molar-refractivity contribution in [2.45, 2.75) is 18.9 Å². The number of rotatable bonds is 3. The number of aliphatic hydroxyl groups excluding tert-OH is 1. The molecular weight excluding hydrogens is 394 g/mol. The summed E-state index contributed by atoms with van der Waals surface area (Å²) in [5.41, 5.74) is 1.66. The lowest BCUT2D eigenvalue weighted by atomic mass is 9.87. The van der Waals surface area contributed by atoms with Gasteiger partial charge >= 0.3 is 0 Å². The lowest BCUT2D eigenvalue weighted by molar-refractivity contribution is 0.0444. The zero-order valence-electron chi connectivity index (χ0n) is 14.3. The van der Waals surface area contributed by atoms with Crippen molar-refractivity contribution in [1.82, 2.24) is 4.90 Å². The van der Waals surface area contributed by atoms with E-state index in [2.05, 4.69) is 15.9 Å². The fourth-order valence-corrected chi connectivity index (χ4v) is 3.99. The van der Waals surface area contributed by atoms with Crippen LogP contribution in [0.3, 0.4) is 0 Å². The van der Waals surface area contributed by atoms with Crippen LogP contribution in [0.4, 0.5) is 0 Å². The number of nitrogens with zero attached hydrogens (tertiary/aromatic N) is 1. The molecule has 1 aliphatic rings. The molecule has 1 aliphatic heterocycles. The van der Waals surface area contributed by atoms with E-state index in [1.807, 2.05) is 53.4 Å². The molecule has 1 amide bonds. The second-order valence-electron chi connectivity index (χ2n) is 6.78. The van der Waals surface area contributed by atoms with Gasteiger partial charge in [0.1, 0.15) is 5.58 Å². The van der Waals surface area contributed by atoms with Gasteiger partial charge in [-0.25, -0.2) is 0 Å². The molecule has 3 aromatic rings. The van der Waals surface area contributed by atoms with E-state index in [0.717, 1.165) is 28.3 Å². The average Bonchev–Trinajstić information content (AvgIpc) is 3.11. The Labute approximate surface area is 160 Å². The lowest BCUT2D eigenvalue weighted by Crippen LogP contribution is -2.39. The number of carbonyl (C=O) groups excluding carboxylic acids is 1. The lowest BCUT2D eigenvalue weighted by Gasteiger charge is -2.34. The molecule has 0 bridgehead atoms. The van der Waals surface area contributed by atoms with Crippen LogP contribution in [-0.2, 0) is 0 Å². The molecule has 5 heteroatoms. The minimum Gasteiger partial charge on any atom is -0.451 e. The number of aliphatic hydroxyl groups is 1. The average molecular weight is 414 g/mol. The second-order valence-corrected chi connectivity index (χ2v) is 7.69. The van der Waals surface area contributed by atoms with Crippen LogP contribution in [0.5, 0.6) is 0 Å². The number of halogens is 1. The highest BCUT2D eigenvalue weighted by Crippen LogP contribution is 2.31. The summed E-state index contributed by atoms with van der Waals surface area (Å²) in [5, 5.41) is 11.5. The van der Waals surface area contributed by atoms with E-state index in [0.29, 0.717) is 24.4 Å². The number of carbonyl (C=O) groups is 1. The Kier molecular flexibility index (Phi) is 4.83. The number of furan rings is 1. The van der Waals surface area contributed by atoms with E-state index in [9.17, 15) is 9.90 Å². The van der Waals surface area contributed by atoms with E-state index < -0.39 is 6.10 Å². The number of hydrogen-bond acceptors (Lipinski definition) is 3. The van der Waals surface area contributed by atoms with Crippen LogP contribution in [0.15, 0.2) is 63.5 Å². The molecule has 1 N–H and O–H groups in total. The molecule has 0 unspecified atom stereocenters. The van der Waals surface area contributed by atoms with E-state index >= 15 is 0 Å². The molecule has 2 heterocycles. The van der Waals surface area contributed by atoms with Crippen molar-refractivity contribution < 1.29 is 14.3 Å². The Morgan fingerprint density at radius 2 is 1.85 bits per heavy atom. The predicted molar refractivity (Wildman–Crippen MR) is 104 cm³/mol. The van der Waals surface area contributed by atoms with Crippen LogP contribution in [0.2, 0.25) is 0 Å². The quantitative estimate of drug-likeness (QED) is 0.671. The molecule has 1 saturated heterocycles. The summed E-state index contributed by atoms with van der Waals surface area (Å²) in [7, 11) is 0. The summed E-state index contributed by atoms with van der Waals surface area (Å²) >= 11 is 3.43. The monoisotopic (exact) mass is 413 g/mol. The summed E-state index contributed by atoms with van der Waals surface area (Å²) in [6.45, 7) is 1.27. The fourth-order valence-electron chi connectivity index (χ4n) is 3.62. The van der Waals surface area contributed by atoms with Crippen molar-refractivity contribution in [3.05, 3.63) is 70.4 Å². The van der Waals surface area contributed by atoms with Crippen LogP contribution in [-0.4, -0.2) is 29.0 Å². The Hall–Kier alpha value is -2.11. The highest BCUT2D eigenvalue weighted by Gasteiger charge is 2.29. The van der Waals surface area contributed by atoms with Gasteiger partial charge in [0, 0.05) is 22.9 Å². The zero-order chi connectivity index (χ0) is 18.1. The third kappa shape index (κ3) is 3.41. The number of hydrogen-bond donors (Lipinski definition) is 1. The van der Waals surface area contributed by atoms with Crippen molar-refractivity contribution >= 4 is 32.8 Å². The molecule has 26 heavy (non-hydrogen) atoms. The van der Waals surface area contributed by atoms with Gasteiger partial charge in [-0.05, 0) is 48.6 Å². The first-order chi connectivity index (χ1) is 12.6. The van der Waals surface area contributed by atoms with Gasteiger partial charge in [-0.15, -0.1) is 0 Å². The van der Waals surface area contributed by atoms with E-state index in [1.165, 1.54) is 0 Å². The smallest absolute Gasteiger partial charge is 0.289 e. The number of piperidine rings is 1. The third-order valence-corrected chi connectivity index (χ3v) is 5.60. The summed E-state index contributed by atoms with van der Waals surface area (Å²) in [6.07, 6.45) is 1.10. The molecule has 2 aromatic carbocycles. The van der Waals surface area contributed by atoms with Crippen LogP contribution in [0.1, 0.15) is 35.1 Å². The Balaban J connectivity index is 1.43. The highest BCUT2D eigenvalue weighted by atomic mass is 79.9. The highest BCUT2D eigenvalue weighted by molar-refractivity contribution is 9.10. The molecular formula is C21H20BrNO3. The first kappa shape index (κ1) is 17.3. The molecule has 134 valence electrons. The molecule has 0 saturated carbocycles. The largest absolute Gasteiger partial charge is 0.451 e. The van der Waals surface area contributed by atoms with E-state index in [-0.39, 0.29) is 11.8 Å². The Morgan fingerprint density at radius 1 is 1.12 bits per heavy atom. The van der Waals surface area contributed by atoms with Gasteiger partial charge in [0.05, 0.1) is 6.10 Å². The molecule has 0 spiro atoms. The van der Waals surface area contributed by atoms with Crippen molar-refractivity contribution in [3.63, 3.8) is 0 Å². The number of benzene rings is 2. The number of fused-ring (bicyclic) bond motifs is 1. The number of amides is 1. The third-order valence-electron chi connectivity index (χ3n) is 5.10. The molecule has 4 nitrogen and oxygen atoms in total. The van der Waals surface area contributed by atoms with Crippen molar-refractivity contribution in [2.75, 3.05) is 13.1 Å². The minimum absolute atomic E-state index is 0.0787. The maximum atomic E-state index is 12.8. The van der Waals surface area contributed by atoms with Gasteiger partial charge in [0.2, 0.25) is 0 Å². The van der Waals surface area contributed by atoms with E-state index in [4.69, 9.17) is 4.42 Å².